The summed E-state index contributed by atoms with van der Waals surface area (Å²) in [6.45, 7) is 0. The minimum atomic E-state index is -0.513. The van der Waals surface area contributed by atoms with E-state index in [4.69, 9.17) is 11.6 Å². The van der Waals surface area contributed by atoms with Crippen molar-refractivity contribution >= 4 is 17.6 Å². The normalized spacial score (nSPS) is 16.8. The summed E-state index contributed by atoms with van der Waals surface area (Å²) in [6, 6.07) is 7.49. The predicted molar refractivity (Wildman–Crippen MR) is 63.9 cm³/mol. The monoisotopic (exact) mass is 249 g/mol. The van der Waals surface area contributed by atoms with Gasteiger partial charge in [-0.1, -0.05) is 23.7 Å². The Morgan fingerprint density at radius 1 is 1.53 bits per heavy atom. The molecule has 1 aliphatic carbocycles. The number of hydrogen-bond donors (Lipinski definition) is 0. The highest BCUT2D eigenvalue weighted by atomic mass is 35.5. The number of ether oxygens (including phenoxy) is 1. The SMILES string of the molecule is COC(=O)c1cccc(C2(C#N)CCC2)c1Cl. The van der Waals surface area contributed by atoms with Crippen LogP contribution in [0.3, 0.4) is 0 Å². The number of carbonyl (C=O) groups excluding carboxylic acids is 1. The van der Waals surface area contributed by atoms with Crippen molar-refractivity contribution in [3.8, 4) is 6.07 Å². The van der Waals surface area contributed by atoms with E-state index in [1.165, 1.54) is 7.11 Å². The molecule has 0 amide bonds. The van der Waals surface area contributed by atoms with E-state index in [0.29, 0.717) is 10.6 Å². The summed E-state index contributed by atoms with van der Waals surface area (Å²) in [5, 5.41) is 9.62. The van der Waals surface area contributed by atoms with Crippen LogP contribution in [-0.2, 0) is 10.2 Å². The number of carbonyl (C=O) groups is 1. The van der Waals surface area contributed by atoms with Crippen molar-refractivity contribution in [3.63, 3.8) is 0 Å². The van der Waals surface area contributed by atoms with Crippen LogP contribution in [0.15, 0.2) is 18.2 Å². The minimum Gasteiger partial charge on any atom is -0.465 e. The van der Waals surface area contributed by atoms with Crippen LogP contribution in [0.1, 0.15) is 35.2 Å². The molecular formula is C13H12ClNO2. The second kappa shape index (κ2) is 4.38. The van der Waals surface area contributed by atoms with E-state index >= 15 is 0 Å². The first kappa shape index (κ1) is 11.9. The molecule has 0 atom stereocenters. The highest BCUT2D eigenvalue weighted by Gasteiger charge is 2.41. The zero-order valence-electron chi connectivity index (χ0n) is 9.50. The topological polar surface area (TPSA) is 50.1 Å². The lowest BCUT2D eigenvalue weighted by molar-refractivity contribution is 0.0600. The van der Waals surface area contributed by atoms with Crippen LogP contribution in [0.4, 0.5) is 0 Å². The number of methoxy groups -OCH3 is 1. The van der Waals surface area contributed by atoms with Gasteiger partial charge in [0.15, 0.2) is 0 Å². The first-order chi connectivity index (χ1) is 8.14. The highest BCUT2D eigenvalue weighted by molar-refractivity contribution is 6.34. The van der Waals surface area contributed by atoms with Crippen LogP contribution in [0.25, 0.3) is 0 Å². The summed E-state index contributed by atoms with van der Waals surface area (Å²) in [5.41, 5.74) is 0.560. The highest BCUT2D eigenvalue weighted by Crippen LogP contribution is 2.46. The molecule has 0 bridgehead atoms. The van der Waals surface area contributed by atoms with Gasteiger partial charge in [0.25, 0.3) is 0 Å². The number of hydrogen-bond acceptors (Lipinski definition) is 3. The van der Waals surface area contributed by atoms with Gasteiger partial charge in [0, 0.05) is 0 Å². The maximum atomic E-state index is 11.5. The number of nitrogens with zero attached hydrogens (tertiary/aromatic N) is 1. The molecule has 1 fully saturated rings. The largest absolute Gasteiger partial charge is 0.465 e. The van der Waals surface area contributed by atoms with E-state index in [1.807, 2.05) is 6.07 Å². The lowest BCUT2D eigenvalue weighted by Gasteiger charge is -2.36. The fourth-order valence-corrected chi connectivity index (χ4v) is 2.52. The fourth-order valence-electron chi connectivity index (χ4n) is 2.14. The standard InChI is InChI=1S/C13H12ClNO2/c1-17-12(16)9-4-2-5-10(11(9)14)13(8-15)6-3-7-13/h2,4-5H,3,6-7H2,1H3. The molecule has 0 N–H and O–H groups in total. The summed E-state index contributed by atoms with van der Waals surface area (Å²) in [7, 11) is 1.31. The minimum absolute atomic E-state index is 0.327. The molecule has 17 heavy (non-hydrogen) atoms. The van der Waals surface area contributed by atoms with E-state index in [1.54, 1.807) is 12.1 Å². The van der Waals surface area contributed by atoms with Gasteiger partial charge in [0.05, 0.1) is 29.2 Å². The third-order valence-electron chi connectivity index (χ3n) is 3.34. The number of benzene rings is 1. The van der Waals surface area contributed by atoms with E-state index in [-0.39, 0.29) is 0 Å². The molecule has 0 saturated heterocycles. The molecule has 0 aliphatic heterocycles. The molecule has 0 heterocycles. The van der Waals surface area contributed by atoms with Crippen LogP contribution in [0, 0.1) is 11.3 Å². The summed E-state index contributed by atoms with van der Waals surface area (Å²) < 4.78 is 4.66. The Balaban J connectivity index is 2.50. The predicted octanol–water partition coefficient (Wildman–Crippen LogP) is 3.07. The fraction of sp³-hybridized carbons (Fsp3) is 0.385. The molecule has 1 aromatic rings. The van der Waals surface area contributed by atoms with Gasteiger partial charge in [-0.2, -0.15) is 5.26 Å². The van der Waals surface area contributed by atoms with E-state index in [2.05, 4.69) is 10.8 Å². The molecule has 0 aromatic heterocycles. The lowest BCUT2D eigenvalue weighted by atomic mass is 9.65. The lowest BCUT2D eigenvalue weighted by Crippen LogP contribution is -2.33. The van der Waals surface area contributed by atoms with Gasteiger partial charge in [0.2, 0.25) is 0 Å². The maximum absolute atomic E-state index is 11.5. The molecule has 0 unspecified atom stereocenters. The van der Waals surface area contributed by atoms with E-state index < -0.39 is 11.4 Å². The van der Waals surface area contributed by atoms with Gasteiger partial charge in [-0.15, -0.1) is 0 Å². The zero-order chi connectivity index (χ0) is 12.5. The van der Waals surface area contributed by atoms with Gasteiger partial charge < -0.3 is 4.74 Å². The summed E-state index contributed by atoms with van der Waals surface area (Å²) in [5.74, 6) is -0.468. The molecule has 1 aliphatic rings. The third kappa shape index (κ3) is 1.79. The van der Waals surface area contributed by atoms with Crippen molar-refractivity contribution in [2.45, 2.75) is 24.7 Å². The summed E-state index contributed by atoms with van der Waals surface area (Å²) >= 11 is 6.21. The molecule has 3 nitrogen and oxygen atoms in total. The van der Waals surface area contributed by atoms with Crippen molar-refractivity contribution in [3.05, 3.63) is 34.3 Å². The number of rotatable bonds is 2. The summed E-state index contributed by atoms with van der Waals surface area (Å²) in [6.07, 6.45) is 2.62. The van der Waals surface area contributed by atoms with Crippen LogP contribution in [0.5, 0.6) is 0 Å². The Morgan fingerprint density at radius 3 is 2.71 bits per heavy atom. The third-order valence-corrected chi connectivity index (χ3v) is 3.75. The number of esters is 1. The second-order valence-corrected chi connectivity index (χ2v) is 4.58. The van der Waals surface area contributed by atoms with Crippen molar-refractivity contribution in [2.75, 3.05) is 7.11 Å². The van der Waals surface area contributed by atoms with Crippen molar-refractivity contribution in [2.24, 2.45) is 0 Å². The van der Waals surface area contributed by atoms with Gasteiger partial charge in [-0.05, 0) is 30.9 Å². The maximum Gasteiger partial charge on any atom is 0.339 e. The van der Waals surface area contributed by atoms with Crippen molar-refractivity contribution < 1.29 is 9.53 Å². The van der Waals surface area contributed by atoms with Gasteiger partial charge in [-0.25, -0.2) is 4.79 Å². The second-order valence-electron chi connectivity index (χ2n) is 4.21. The Morgan fingerprint density at radius 2 is 2.24 bits per heavy atom. The van der Waals surface area contributed by atoms with Gasteiger partial charge in [-0.3, -0.25) is 0 Å². The number of nitriles is 1. The Hall–Kier alpha value is -1.53. The average Bonchev–Trinajstić information content (AvgIpc) is 2.29. The summed E-state index contributed by atoms with van der Waals surface area (Å²) in [4.78, 5) is 11.5. The van der Waals surface area contributed by atoms with Crippen LogP contribution < -0.4 is 0 Å². The van der Waals surface area contributed by atoms with Gasteiger partial charge >= 0.3 is 5.97 Å². The first-order valence-corrected chi connectivity index (χ1v) is 5.81. The van der Waals surface area contributed by atoms with E-state index in [9.17, 15) is 10.1 Å². The quantitative estimate of drug-likeness (QED) is 0.757. The molecule has 1 aromatic carbocycles. The van der Waals surface area contributed by atoms with Crippen molar-refractivity contribution in [1.82, 2.24) is 0 Å². The zero-order valence-corrected chi connectivity index (χ0v) is 10.3. The van der Waals surface area contributed by atoms with Crippen molar-refractivity contribution in [1.29, 1.82) is 5.26 Å². The molecule has 0 radical (unpaired) electrons. The van der Waals surface area contributed by atoms with Crippen LogP contribution in [0.2, 0.25) is 5.02 Å². The molecule has 88 valence electrons. The first-order valence-electron chi connectivity index (χ1n) is 5.43. The smallest absolute Gasteiger partial charge is 0.339 e. The van der Waals surface area contributed by atoms with E-state index in [0.717, 1.165) is 24.8 Å². The molecule has 0 spiro atoms. The molecule has 1 saturated carbocycles. The van der Waals surface area contributed by atoms with Gasteiger partial charge in [0.1, 0.15) is 0 Å². The molecule has 2 rings (SSSR count). The molecular weight excluding hydrogens is 238 g/mol. The molecule has 4 heteroatoms. The average molecular weight is 250 g/mol. The Labute approximate surface area is 105 Å². The van der Waals surface area contributed by atoms with Crippen LogP contribution >= 0.6 is 11.6 Å². The Bertz CT molecular complexity index is 501. The van der Waals surface area contributed by atoms with Crippen LogP contribution in [-0.4, -0.2) is 13.1 Å². The number of halogens is 1. The Kier molecular flexibility index (Phi) is 3.08.